The highest BCUT2D eigenvalue weighted by Gasteiger charge is 2.34. The third-order valence-electron chi connectivity index (χ3n) is 4.54. The van der Waals surface area contributed by atoms with Crippen LogP contribution < -0.4 is 11.1 Å². The van der Waals surface area contributed by atoms with Crippen molar-refractivity contribution in [3.8, 4) is 0 Å². The van der Waals surface area contributed by atoms with Crippen molar-refractivity contribution in [2.45, 2.75) is 45.6 Å². The van der Waals surface area contributed by atoms with Crippen molar-refractivity contribution in [1.82, 2.24) is 10.2 Å². The lowest BCUT2D eigenvalue weighted by atomic mass is 9.88. The van der Waals surface area contributed by atoms with Crippen LogP contribution in [0.3, 0.4) is 0 Å². The smallest absolute Gasteiger partial charge is 0.144 e. The van der Waals surface area contributed by atoms with Crippen molar-refractivity contribution >= 4 is 5.84 Å². The average Bonchev–Trinajstić information content (AvgIpc) is 3.13. The van der Waals surface area contributed by atoms with Gasteiger partial charge in [0.05, 0.1) is 0 Å². The van der Waals surface area contributed by atoms with E-state index in [-0.39, 0.29) is 5.41 Å². The van der Waals surface area contributed by atoms with Gasteiger partial charge < -0.3 is 21.2 Å². The number of nitrogens with zero attached hydrogens (tertiary/aromatic N) is 2. The normalized spacial score (nSPS) is 26.0. The fourth-order valence-corrected chi connectivity index (χ4v) is 2.77. The summed E-state index contributed by atoms with van der Waals surface area (Å²) in [5.74, 6) is 1.11. The Morgan fingerprint density at radius 3 is 2.79 bits per heavy atom. The molecule has 110 valence electrons. The summed E-state index contributed by atoms with van der Waals surface area (Å²) in [6.45, 7) is 8.58. The van der Waals surface area contributed by atoms with E-state index < -0.39 is 0 Å². The second-order valence-electron chi connectivity index (χ2n) is 6.70. The van der Waals surface area contributed by atoms with Crippen LogP contribution in [0.1, 0.15) is 39.5 Å². The van der Waals surface area contributed by atoms with Crippen LogP contribution >= 0.6 is 0 Å². The summed E-state index contributed by atoms with van der Waals surface area (Å²) in [6, 6.07) is 0.907. The van der Waals surface area contributed by atoms with Gasteiger partial charge in [-0.25, -0.2) is 0 Å². The molecule has 1 atom stereocenters. The molecule has 2 aliphatic rings. The Labute approximate surface area is 116 Å². The van der Waals surface area contributed by atoms with E-state index in [1.165, 1.54) is 32.4 Å². The van der Waals surface area contributed by atoms with Gasteiger partial charge in [-0.15, -0.1) is 0 Å². The van der Waals surface area contributed by atoms with Gasteiger partial charge in [0.25, 0.3) is 0 Å². The van der Waals surface area contributed by atoms with Crippen LogP contribution in [0.2, 0.25) is 0 Å². The molecule has 0 bridgehead atoms. The summed E-state index contributed by atoms with van der Waals surface area (Å²) in [5, 5.41) is 15.4. The molecule has 1 saturated carbocycles. The van der Waals surface area contributed by atoms with Gasteiger partial charge in [-0.05, 0) is 51.2 Å². The Kier molecular flexibility index (Phi) is 4.68. The molecular weight excluding hydrogens is 240 g/mol. The maximum absolute atomic E-state index is 8.72. The molecule has 19 heavy (non-hydrogen) atoms. The van der Waals surface area contributed by atoms with Crippen LogP contribution in [0.5, 0.6) is 0 Å². The summed E-state index contributed by atoms with van der Waals surface area (Å²) in [7, 11) is 0. The largest absolute Gasteiger partial charge is 0.409 e. The molecule has 1 heterocycles. The van der Waals surface area contributed by atoms with Crippen molar-refractivity contribution in [2.24, 2.45) is 22.2 Å². The molecule has 0 aromatic rings. The zero-order valence-corrected chi connectivity index (χ0v) is 12.2. The Hall–Kier alpha value is -0.810. The fraction of sp³-hybridized carbons (Fsp3) is 0.929. The van der Waals surface area contributed by atoms with Crippen LogP contribution in [0.25, 0.3) is 0 Å². The van der Waals surface area contributed by atoms with E-state index in [2.05, 4.69) is 15.4 Å². The van der Waals surface area contributed by atoms with Crippen LogP contribution in [-0.4, -0.2) is 48.2 Å². The predicted molar refractivity (Wildman–Crippen MR) is 77.4 cm³/mol. The Morgan fingerprint density at radius 2 is 2.16 bits per heavy atom. The van der Waals surface area contributed by atoms with Gasteiger partial charge in [-0.3, -0.25) is 0 Å². The molecule has 1 aliphatic heterocycles. The van der Waals surface area contributed by atoms with Gasteiger partial charge in [0.2, 0.25) is 0 Å². The molecule has 4 N–H and O–H groups in total. The highest BCUT2D eigenvalue weighted by Crippen LogP contribution is 2.31. The van der Waals surface area contributed by atoms with Crippen LogP contribution in [-0.2, 0) is 0 Å². The van der Waals surface area contributed by atoms with Crippen molar-refractivity contribution < 1.29 is 5.21 Å². The minimum absolute atomic E-state index is 0.239. The highest BCUT2D eigenvalue weighted by atomic mass is 16.4. The lowest BCUT2D eigenvalue weighted by Crippen LogP contribution is -2.36. The molecule has 0 spiro atoms. The quantitative estimate of drug-likeness (QED) is 0.213. The minimum atomic E-state index is -0.239. The number of hydrogen-bond donors (Lipinski definition) is 3. The van der Waals surface area contributed by atoms with Crippen LogP contribution in [0.15, 0.2) is 5.16 Å². The van der Waals surface area contributed by atoms with Gasteiger partial charge in [0.1, 0.15) is 5.84 Å². The van der Waals surface area contributed by atoms with Crippen LogP contribution in [0, 0.1) is 11.3 Å². The minimum Gasteiger partial charge on any atom is -0.409 e. The van der Waals surface area contributed by atoms with E-state index in [4.69, 9.17) is 10.9 Å². The summed E-state index contributed by atoms with van der Waals surface area (Å²) >= 11 is 0. The van der Waals surface area contributed by atoms with Crippen molar-refractivity contribution in [1.29, 1.82) is 0 Å². The first-order valence-electron chi connectivity index (χ1n) is 7.45. The second-order valence-corrected chi connectivity index (χ2v) is 6.70. The lowest BCUT2D eigenvalue weighted by molar-refractivity contribution is 0.302. The number of nitrogens with one attached hydrogen (secondary N) is 1. The van der Waals surface area contributed by atoms with Crippen LogP contribution in [0.4, 0.5) is 0 Å². The number of amidine groups is 1. The summed E-state index contributed by atoms with van der Waals surface area (Å²) in [5.41, 5.74) is 5.44. The van der Waals surface area contributed by atoms with Gasteiger partial charge in [0, 0.05) is 18.0 Å². The molecule has 5 heteroatoms. The number of oxime groups is 1. The van der Waals surface area contributed by atoms with Gasteiger partial charge in [0.15, 0.2) is 0 Å². The summed E-state index contributed by atoms with van der Waals surface area (Å²) < 4.78 is 0. The second kappa shape index (κ2) is 6.09. The first-order chi connectivity index (χ1) is 9.03. The summed E-state index contributed by atoms with van der Waals surface area (Å²) in [6.07, 6.45) is 5.04. The van der Waals surface area contributed by atoms with E-state index in [9.17, 15) is 0 Å². The fourth-order valence-electron chi connectivity index (χ4n) is 2.77. The van der Waals surface area contributed by atoms with E-state index in [0.29, 0.717) is 5.84 Å². The van der Waals surface area contributed by atoms with Crippen molar-refractivity contribution in [3.05, 3.63) is 0 Å². The van der Waals surface area contributed by atoms with Gasteiger partial charge in [-0.1, -0.05) is 19.0 Å². The number of likely N-dealkylation sites (tertiary alicyclic amines) is 1. The number of rotatable bonds is 7. The number of hydrogen-bond acceptors (Lipinski definition) is 4. The molecule has 0 radical (unpaired) electrons. The van der Waals surface area contributed by atoms with E-state index >= 15 is 0 Å². The van der Waals surface area contributed by atoms with Crippen molar-refractivity contribution in [3.63, 3.8) is 0 Å². The maximum atomic E-state index is 8.72. The molecular formula is C14H28N4O. The third kappa shape index (κ3) is 4.08. The first-order valence-corrected chi connectivity index (χ1v) is 7.45. The van der Waals surface area contributed by atoms with Gasteiger partial charge >= 0.3 is 0 Å². The molecule has 0 amide bonds. The molecule has 5 nitrogen and oxygen atoms in total. The van der Waals surface area contributed by atoms with E-state index in [1.54, 1.807) is 0 Å². The average molecular weight is 268 g/mol. The Morgan fingerprint density at radius 1 is 1.42 bits per heavy atom. The third-order valence-corrected chi connectivity index (χ3v) is 4.54. The predicted octanol–water partition coefficient (Wildman–Crippen LogP) is 1.22. The molecule has 0 aromatic carbocycles. The molecule has 0 aromatic heterocycles. The lowest BCUT2D eigenvalue weighted by Gasteiger charge is -2.23. The molecule has 2 fully saturated rings. The zero-order valence-electron chi connectivity index (χ0n) is 12.2. The monoisotopic (exact) mass is 268 g/mol. The SMILES string of the molecule is CC(C)(CCNCC1CCN(C2CC2)C1)C(N)=NO. The Bertz CT molecular complexity index is 325. The molecule has 1 saturated heterocycles. The Balaban J connectivity index is 1.59. The van der Waals surface area contributed by atoms with E-state index in [0.717, 1.165) is 31.5 Å². The molecule has 1 aliphatic carbocycles. The highest BCUT2D eigenvalue weighted by molar-refractivity contribution is 5.85. The molecule has 2 rings (SSSR count). The topological polar surface area (TPSA) is 73.9 Å². The van der Waals surface area contributed by atoms with Gasteiger partial charge in [-0.2, -0.15) is 0 Å². The first kappa shape index (κ1) is 14.6. The standard InChI is InChI=1S/C14H28N4O/c1-14(2,13(15)17-19)6-7-16-9-11-5-8-18(10-11)12-3-4-12/h11-12,16,19H,3-10H2,1-2H3,(H2,15,17). The number of nitrogens with two attached hydrogens (primary N) is 1. The van der Waals surface area contributed by atoms with Crippen molar-refractivity contribution in [2.75, 3.05) is 26.2 Å². The molecule has 1 unspecified atom stereocenters. The zero-order chi connectivity index (χ0) is 13.9. The maximum Gasteiger partial charge on any atom is 0.144 e. The summed E-state index contributed by atoms with van der Waals surface area (Å²) in [4.78, 5) is 2.65. The van der Waals surface area contributed by atoms with E-state index in [1.807, 2.05) is 13.8 Å².